The lowest BCUT2D eigenvalue weighted by Gasteiger charge is -2.24. The lowest BCUT2D eigenvalue weighted by molar-refractivity contribution is -0.137. The topological polar surface area (TPSA) is 118 Å². The Morgan fingerprint density at radius 1 is 1.28 bits per heavy atom. The molecule has 4 rings (SSSR count). The van der Waals surface area contributed by atoms with Gasteiger partial charge in [0.2, 0.25) is 10.0 Å². The van der Waals surface area contributed by atoms with E-state index in [-0.39, 0.29) is 29.7 Å². The van der Waals surface area contributed by atoms with Gasteiger partial charge in [-0.15, -0.1) is 5.10 Å². The molecule has 0 aliphatic carbocycles. The third kappa shape index (κ3) is 5.82. The number of aromatic nitrogens is 4. The summed E-state index contributed by atoms with van der Waals surface area (Å²) in [5.74, 6) is -0.971. The summed E-state index contributed by atoms with van der Waals surface area (Å²) < 4.78 is 30.3. The van der Waals surface area contributed by atoms with Crippen molar-refractivity contribution in [2.75, 3.05) is 6.54 Å². The molecule has 1 N–H and O–H groups in total. The van der Waals surface area contributed by atoms with Crippen molar-refractivity contribution in [1.82, 2.24) is 24.3 Å². The fraction of sp³-hybridized carbons (Fsp3) is 0.462. The van der Waals surface area contributed by atoms with Gasteiger partial charge in [0.1, 0.15) is 4.90 Å². The fourth-order valence-corrected chi connectivity index (χ4v) is 6.50. The molecule has 2 unspecified atom stereocenters. The Balaban J connectivity index is 1.60. The maximum Gasteiger partial charge on any atom is 0.303 e. The Kier molecular flexibility index (Phi) is 7.85. The first kappa shape index (κ1) is 26.0. The minimum Gasteiger partial charge on any atom is -0.481 e. The molecular weight excluding hydrogens is 478 g/mol. The highest BCUT2D eigenvalue weighted by Gasteiger charge is 2.33. The number of carboxylic acids is 1. The first-order chi connectivity index (χ1) is 17.2. The quantitative estimate of drug-likeness (QED) is 0.466. The SMILES string of the molecule is CCn1cc(CCC(CC(=O)O)c2ccc(C)c(CN3CC(C)Cc4ncccc4S3(=O)=O)c2)nn1. The molecule has 1 aromatic carbocycles. The highest BCUT2D eigenvalue weighted by molar-refractivity contribution is 7.89. The number of hydrogen-bond donors (Lipinski definition) is 1. The molecule has 10 heteroatoms. The zero-order chi connectivity index (χ0) is 25.9. The van der Waals surface area contributed by atoms with Crippen molar-refractivity contribution < 1.29 is 18.3 Å². The maximum atomic E-state index is 13.5. The van der Waals surface area contributed by atoms with Crippen LogP contribution in [0.5, 0.6) is 0 Å². The summed E-state index contributed by atoms with van der Waals surface area (Å²) in [6, 6.07) is 9.17. The number of fused-ring (bicyclic) bond motifs is 1. The summed E-state index contributed by atoms with van der Waals surface area (Å²) in [6.45, 7) is 7.33. The average Bonchev–Trinajstić information content (AvgIpc) is 3.27. The first-order valence-corrected chi connectivity index (χ1v) is 13.8. The van der Waals surface area contributed by atoms with Crippen LogP contribution in [0.25, 0.3) is 0 Å². The number of pyridine rings is 1. The monoisotopic (exact) mass is 511 g/mol. The molecule has 1 aliphatic rings. The van der Waals surface area contributed by atoms with Crippen LogP contribution < -0.4 is 0 Å². The average molecular weight is 512 g/mol. The van der Waals surface area contributed by atoms with Crippen molar-refractivity contribution in [1.29, 1.82) is 0 Å². The smallest absolute Gasteiger partial charge is 0.303 e. The molecule has 0 amide bonds. The van der Waals surface area contributed by atoms with Crippen molar-refractivity contribution in [2.45, 2.75) is 70.4 Å². The molecule has 3 aromatic rings. The van der Waals surface area contributed by atoms with Crippen molar-refractivity contribution in [3.05, 3.63) is 70.8 Å². The Bertz CT molecular complexity index is 1340. The van der Waals surface area contributed by atoms with E-state index in [4.69, 9.17) is 0 Å². The van der Waals surface area contributed by atoms with Gasteiger partial charge in [0, 0.05) is 32.0 Å². The first-order valence-electron chi connectivity index (χ1n) is 12.3. The lowest BCUT2D eigenvalue weighted by Crippen LogP contribution is -2.33. The maximum absolute atomic E-state index is 13.5. The van der Waals surface area contributed by atoms with E-state index in [2.05, 4.69) is 15.3 Å². The largest absolute Gasteiger partial charge is 0.481 e. The summed E-state index contributed by atoms with van der Waals surface area (Å²) in [6.07, 6.45) is 5.33. The Hall–Kier alpha value is -3.11. The number of aliphatic carboxylic acids is 1. The van der Waals surface area contributed by atoms with Gasteiger partial charge in [-0.2, -0.15) is 4.31 Å². The van der Waals surface area contributed by atoms with Crippen LogP contribution in [0, 0.1) is 12.8 Å². The van der Waals surface area contributed by atoms with Gasteiger partial charge in [-0.3, -0.25) is 14.5 Å². The molecule has 0 saturated carbocycles. The Morgan fingerprint density at radius 3 is 2.81 bits per heavy atom. The highest BCUT2D eigenvalue weighted by atomic mass is 32.2. The van der Waals surface area contributed by atoms with Crippen molar-refractivity contribution in [2.24, 2.45) is 5.92 Å². The van der Waals surface area contributed by atoms with E-state index < -0.39 is 16.0 Å². The number of rotatable bonds is 9. The van der Waals surface area contributed by atoms with Gasteiger partial charge in [-0.05, 0) is 73.8 Å². The third-order valence-corrected chi connectivity index (χ3v) is 8.68. The molecule has 0 spiro atoms. The van der Waals surface area contributed by atoms with Gasteiger partial charge >= 0.3 is 5.97 Å². The normalized spacial score (nSPS) is 18.4. The van der Waals surface area contributed by atoms with Gasteiger partial charge in [0.15, 0.2) is 0 Å². The van der Waals surface area contributed by atoms with E-state index in [0.29, 0.717) is 31.5 Å². The molecule has 192 valence electrons. The second-order valence-electron chi connectivity index (χ2n) is 9.64. The molecule has 36 heavy (non-hydrogen) atoms. The summed E-state index contributed by atoms with van der Waals surface area (Å²) in [7, 11) is -3.71. The summed E-state index contributed by atoms with van der Waals surface area (Å²) in [4.78, 5) is 16.3. The molecular formula is C26H33N5O4S. The molecule has 0 fully saturated rings. The minimum atomic E-state index is -3.71. The number of nitrogens with zero attached hydrogens (tertiary/aromatic N) is 5. The molecule has 3 heterocycles. The molecule has 1 aliphatic heterocycles. The number of benzene rings is 1. The van der Waals surface area contributed by atoms with E-state index in [1.807, 2.05) is 45.2 Å². The molecule has 0 saturated heterocycles. The second kappa shape index (κ2) is 10.9. The number of sulfonamides is 1. The van der Waals surface area contributed by atoms with Gasteiger partial charge in [0.05, 0.1) is 17.8 Å². The van der Waals surface area contributed by atoms with Crippen LogP contribution >= 0.6 is 0 Å². The third-order valence-electron chi connectivity index (χ3n) is 6.79. The van der Waals surface area contributed by atoms with Crippen LogP contribution in [0.4, 0.5) is 0 Å². The van der Waals surface area contributed by atoms with Crippen LogP contribution in [0.15, 0.2) is 47.6 Å². The van der Waals surface area contributed by atoms with Crippen LogP contribution in [0.3, 0.4) is 0 Å². The van der Waals surface area contributed by atoms with Crippen LogP contribution in [-0.2, 0) is 40.7 Å². The Morgan fingerprint density at radius 2 is 2.08 bits per heavy atom. The Labute approximate surface area is 212 Å². The van der Waals surface area contributed by atoms with E-state index in [0.717, 1.165) is 28.9 Å². The molecule has 0 radical (unpaired) electrons. The second-order valence-corrected chi connectivity index (χ2v) is 11.5. The van der Waals surface area contributed by atoms with Gasteiger partial charge in [-0.1, -0.05) is 30.3 Å². The molecule has 2 atom stereocenters. The number of aryl methyl sites for hydroxylation is 3. The van der Waals surface area contributed by atoms with E-state index >= 15 is 0 Å². The van der Waals surface area contributed by atoms with E-state index in [9.17, 15) is 18.3 Å². The highest BCUT2D eigenvalue weighted by Crippen LogP contribution is 2.31. The van der Waals surface area contributed by atoms with Gasteiger partial charge < -0.3 is 5.11 Å². The van der Waals surface area contributed by atoms with E-state index in [1.54, 1.807) is 23.0 Å². The zero-order valence-corrected chi connectivity index (χ0v) is 21.8. The summed E-state index contributed by atoms with van der Waals surface area (Å²) in [5.41, 5.74) is 4.18. The standard InChI is InChI=1S/C26H33N5O4S/c1-4-30-17-23(28-29-30)10-9-21(14-26(32)33)20-8-7-19(3)22(13-20)16-31-15-18(2)12-24-25(36(31,34)35)6-5-11-27-24/h5-8,11,13,17-18,21H,4,9-10,12,14-16H2,1-3H3,(H,32,33). The van der Waals surface area contributed by atoms with Gasteiger partial charge in [-0.25, -0.2) is 8.42 Å². The molecule has 9 nitrogen and oxygen atoms in total. The van der Waals surface area contributed by atoms with Crippen LogP contribution in [0.2, 0.25) is 0 Å². The van der Waals surface area contributed by atoms with Crippen molar-refractivity contribution in [3.63, 3.8) is 0 Å². The fourth-order valence-electron chi connectivity index (χ4n) is 4.77. The molecule has 2 aromatic heterocycles. The van der Waals surface area contributed by atoms with Crippen molar-refractivity contribution in [3.8, 4) is 0 Å². The number of hydrogen-bond acceptors (Lipinski definition) is 6. The number of carbonyl (C=O) groups is 1. The van der Waals surface area contributed by atoms with E-state index in [1.165, 1.54) is 4.31 Å². The zero-order valence-electron chi connectivity index (χ0n) is 21.0. The lowest BCUT2D eigenvalue weighted by atomic mass is 9.88. The molecule has 0 bridgehead atoms. The summed E-state index contributed by atoms with van der Waals surface area (Å²) in [5, 5.41) is 17.8. The van der Waals surface area contributed by atoms with Crippen LogP contribution in [0.1, 0.15) is 60.7 Å². The van der Waals surface area contributed by atoms with Crippen molar-refractivity contribution >= 4 is 16.0 Å². The van der Waals surface area contributed by atoms with Crippen LogP contribution in [-0.4, -0.2) is 50.3 Å². The predicted octanol–water partition coefficient (Wildman–Crippen LogP) is 3.58. The summed E-state index contributed by atoms with van der Waals surface area (Å²) >= 11 is 0. The number of carboxylic acid groups (broad SMARTS) is 1. The minimum absolute atomic E-state index is 0.0114. The van der Waals surface area contributed by atoms with Gasteiger partial charge in [0.25, 0.3) is 0 Å². The predicted molar refractivity (Wildman–Crippen MR) is 135 cm³/mol.